The fourth-order valence-electron chi connectivity index (χ4n) is 2.51. The van der Waals surface area contributed by atoms with E-state index in [0.717, 1.165) is 17.7 Å². The van der Waals surface area contributed by atoms with Crippen molar-refractivity contribution in [3.8, 4) is 0 Å². The van der Waals surface area contributed by atoms with Crippen LogP contribution in [-0.2, 0) is 4.79 Å². The van der Waals surface area contributed by atoms with Crippen LogP contribution in [0.25, 0.3) is 0 Å². The van der Waals surface area contributed by atoms with Crippen LogP contribution < -0.4 is 0 Å². The summed E-state index contributed by atoms with van der Waals surface area (Å²) in [4.78, 5) is 23.7. The summed E-state index contributed by atoms with van der Waals surface area (Å²) < 4.78 is 37.2. The number of carbonyl (C=O) groups is 2. The molecule has 0 aromatic heterocycles. The van der Waals surface area contributed by atoms with Gasteiger partial charge in [0.2, 0.25) is 0 Å². The third-order valence-electron chi connectivity index (χ3n) is 3.36. The summed E-state index contributed by atoms with van der Waals surface area (Å²) >= 11 is 0. The third-order valence-corrected chi connectivity index (χ3v) is 3.36. The zero-order valence-corrected chi connectivity index (χ0v) is 11.7. The number of hydrogen-bond acceptors (Lipinski definition) is 3. The highest BCUT2D eigenvalue weighted by Crippen LogP contribution is 2.30. The van der Waals surface area contributed by atoms with Crippen molar-refractivity contribution in [2.24, 2.45) is 0 Å². The van der Waals surface area contributed by atoms with E-state index in [-0.39, 0.29) is 11.4 Å². The first-order valence-electron chi connectivity index (χ1n) is 6.53. The molecule has 0 aromatic rings. The predicted octanol–water partition coefficient (Wildman–Crippen LogP) is 1.29. The van der Waals surface area contributed by atoms with E-state index in [1.165, 1.54) is 7.05 Å². The number of urea groups is 1. The summed E-state index contributed by atoms with van der Waals surface area (Å²) in [5, 5.41) is 18.8. The van der Waals surface area contributed by atoms with Crippen LogP contribution in [0.2, 0.25) is 0 Å². The lowest BCUT2D eigenvalue weighted by Gasteiger charge is -2.32. The van der Waals surface area contributed by atoms with Crippen molar-refractivity contribution in [2.75, 3.05) is 26.7 Å². The fraction of sp³-hybridized carbons (Fsp3) is 0.833. The van der Waals surface area contributed by atoms with E-state index < -0.39 is 36.9 Å². The van der Waals surface area contributed by atoms with Crippen LogP contribution in [0.5, 0.6) is 0 Å². The zero-order valence-electron chi connectivity index (χ0n) is 11.7. The molecule has 1 saturated carbocycles. The molecule has 2 amide bonds. The zero-order chi connectivity index (χ0) is 16.3. The SMILES string of the molecule is CN(CC1(O)CCCC1)C(=O)N(CC(=O)O)CC(F)(F)F. The van der Waals surface area contributed by atoms with Gasteiger partial charge in [0.15, 0.2) is 0 Å². The number of carbonyl (C=O) groups excluding carboxylic acids is 1. The lowest BCUT2D eigenvalue weighted by atomic mass is 10.0. The Morgan fingerprint density at radius 3 is 2.19 bits per heavy atom. The number of carboxylic acids is 1. The molecule has 1 aliphatic carbocycles. The minimum Gasteiger partial charge on any atom is -0.480 e. The van der Waals surface area contributed by atoms with Gasteiger partial charge < -0.3 is 20.0 Å². The van der Waals surface area contributed by atoms with Gasteiger partial charge >= 0.3 is 18.2 Å². The molecular formula is C12H19F3N2O4. The van der Waals surface area contributed by atoms with Crippen LogP contribution in [0.3, 0.4) is 0 Å². The van der Waals surface area contributed by atoms with Gasteiger partial charge in [-0.1, -0.05) is 12.8 Å². The maximum atomic E-state index is 12.4. The maximum Gasteiger partial charge on any atom is 0.406 e. The smallest absolute Gasteiger partial charge is 0.406 e. The number of nitrogens with zero attached hydrogens (tertiary/aromatic N) is 2. The van der Waals surface area contributed by atoms with Gasteiger partial charge in [0.25, 0.3) is 0 Å². The molecule has 1 rings (SSSR count). The molecular weight excluding hydrogens is 293 g/mol. The lowest BCUT2D eigenvalue weighted by molar-refractivity contribution is -0.149. The number of carboxylic acid groups (broad SMARTS) is 1. The highest BCUT2D eigenvalue weighted by molar-refractivity contribution is 5.80. The standard InChI is InChI=1S/C12H19F3N2O4/c1-16(7-11(21)4-2-3-5-11)10(20)17(6-9(18)19)8-12(13,14)15/h21H,2-8H2,1H3,(H,18,19). The Morgan fingerprint density at radius 2 is 1.76 bits per heavy atom. The minimum atomic E-state index is -4.68. The molecule has 0 aromatic carbocycles. The van der Waals surface area contributed by atoms with Crippen LogP contribution >= 0.6 is 0 Å². The predicted molar refractivity (Wildman–Crippen MR) is 66.7 cm³/mol. The van der Waals surface area contributed by atoms with E-state index in [0.29, 0.717) is 12.8 Å². The van der Waals surface area contributed by atoms with Crippen molar-refractivity contribution in [3.05, 3.63) is 0 Å². The van der Waals surface area contributed by atoms with Crippen molar-refractivity contribution in [2.45, 2.75) is 37.5 Å². The van der Waals surface area contributed by atoms with Gasteiger partial charge in [-0.05, 0) is 12.8 Å². The molecule has 0 heterocycles. The summed E-state index contributed by atoms with van der Waals surface area (Å²) in [7, 11) is 1.25. The van der Waals surface area contributed by atoms with Gasteiger partial charge in [-0.3, -0.25) is 4.79 Å². The van der Waals surface area contributed by atoms with Gasteiger partial charge in [-0.25, -0.2) is 4.79 Å². The first-order chi connectivity index (χ1) is 9.52. The molecule has 0 saturated heterocycles. The summed E-state index contributed by atoms with van der Waals surface area (Å²) in [6.07, 6.45) is -2.15. The molecule has 1 aliphatic rings. The van der Waals surface area contributed by atoms with E-state index in [1.54, 1.807) is 0 Å². The van der Waals surface area contributed by atoms with E-state index in [4.69, 9.17) is 5.11 Å². The van der Waals surface area contributed by atoms with Gasteiger partial charge in [-0.2, -0.15) is 13.2 Å². The number of amides is 2. The molecule has 0 aliphatic heterocycles. The number of aliphatic carboxylic acids is 1. The van der Waals surface area contributed by atoms with Gasteiger partial charge in [0, 0.05) is 7.05 Å². The van der Waals surface area contributed by atoms with Crippen molar-refractivity contribution in [3.63, 3.8) is 0 Å². The summed E-state index contributed by atoms with van der Waals surface area (Å²) in [6, 6.07) is -1.06. The van der Waals surface area contributed by atoms with Gasteiger partial charge in [0.05, 0.1) is 12.1 Å². The molecule has 0 radical (unpaired) electrons. The Labute approximate surface area is 120 Å². The molecule has 0 spiro atoms. The molecule has 6 nitrogen and oxygen atoms in total. The Kier molecular flexibility index (Phi) is 5.43. The van der Waals surface area contributed by atoms with Crippen LogP contribution in [-0.4, -0.2) is 70.5 Å². The fourth-order valence-corrected chi connectivity index (χ4v) is 2.51. The van der Waals surface area contributed by atoms with Crippen LogP contribution in [0.1, 0.15) is 25.7 Å². The maximum absolute atomic E-state index is 12.4. The largest absolute Gasteiger partial charge is 0.480 e. The third kappa shape index (κ3) is 5.78. The quantitative estimate of drug-likeness (QED) is 0.801. The molecule has 122 valence electrons. The van der Waals surface area contributed by atoms with E-state index >= 15 is 0 Å². The molecule has 0 bridgehead atoms. The number of halogens is 3. The average molecular weight is 312 g/mol. The van der Waals surface area contributed by atoms with Crippen LogP contribution in [0.15, 0.2) is 0 Å². The number of rotatable bonds is 5. The molecule has 0 atom stereocenters. The van der Waals surface area contributed by atoms with Crippen LogP contribution in [0.4, 0.5) is 18.0 Å². The second kappa shape index (κ2) is 6.50. The Hall–Kier alpha value is -1.51. The lowest BCUT2D eigenvalue weighted by Crippen LogP contribution is -2.51. The first kappa shape index (κ1) is 17.5. The Bertz CT molecular complexity index is 394. The Balaban J connectivity index is 2.71. The minimum absolute atomic E-state index is 0.111. The van der Waals surface area contributed by atoms with Crippen molar-refractivity contribution < 1.29 is 33.0 Å². The monoisotopic (exact) mass is 312 g/mol. The number of likely N-dealkylation sites (N-methyl/N-ethyl adjacent to an activating group) is 1. The summed E-state index contributed by atoms with van der Waals surface area (Å²) in [5.74, 6) is -1.53. The van der Waals surface area contributed by atoms with Crippen molar-refractivity contribution in [1.29, 1.82) is 0 Å². The average Bonchev–Trinajstić information content (AvgIpc) is 2.71. The second-order valence-corrected chi connectivity index (χ2v) is 5.44. The number of hydrogen-bond donors (Lipinski definition) is 2. The van der Waals surface area contributed by atoms with Crippen molar-refractivity contribution in [1.82, 2.24) is 9.80 Å². The topological polar surface area (TPSA) is 81.1 Å². The van der Waals surface area contributed by atoms with Gasteiger partial charge in [0.1, 0.15) is 13.1 Å². The highest BCUT2D eigenvalue weighted by atomic mass is 19.4. The normalized spacial score (nSPS) is 17.6. The van der Waals surface area contributed by atoms with Crippen molar-refractivity contribution >= 4 is 12.0 Å². The number of alkyl halides is 3. The van der Waals surface area contributed by atoms with E-state index in [9.17, 15) is 27.9 Å². The van der Waals surface area contributed by atoms with Crippen LogP contribution in [0, 0.1) is 0 Å². The molecule has 1 fully saturated rings. The summed E-state index contributed by atoms with van der Waals surface area (Å²) in [6.45, 7) is -2.79. The van der Waals surface area contributed by atoms with Gasteiger partial charge in [-0.15, -0.1) is 0 Å². The van der Waals surface area contributed by atoms with E-state index in [2.05, 4.69) is 0 Å². The Morgan fingerprint density at radius 1 is 1.24 bits per heavy atom. The second-order valence-electron chi connectivity index (χ2n) is 5.44. The summed E-state index contributed by atoms with van der Waals surface area (Å²) in [5.41, 5.74) is -1.10. The molecule has 9 heteroatoms. The molecule has 0 unspecified atom stereocenters. The highest BCUT2D eigenvalue weighted by Gasteiger charge is 2.38. The molecule has 2 N–H and O–H groups in total. The molecule has 21 heavy (non-hydrogen) atoms. The number of aliphatic hydroxyl groups is 1. The first-order valence-corrected chi connectivity index (χ1v) is 6.53. The van der Waals surface area contributed by atoms with E-state index in [1.807, 2.05) is 0 Å².